The number of ether oxygens (including phenoxy) is 1. The Hall–Kier alpha value is -2.30. The number of esters is 1. The topological polar surface area (TPSA) is 44.1 Å². The molecule has 0 aliphatic rings. The molecule has 0 saturated heterocycles. The highest BCUT2D eigenvalue weighted by Gasteiger charge is 2.37. The molecule has 2 aromatic rings. The van der Waals surface area contributed by atoms with Gasteiger partial charge in [0.25, 0.3) is 0 Å². The van der Waals surface area contributed by atoms with Crippen molar-refractivity contribution < 1.29 is 35.9 Å². The van der Waals surface area contributed by atoms with Gasteiger partial charge in [-0.1, -0.05) is 0 Å². The van der Waals surface area contributed by atoms with Crippen LogP contribution in [0.1, 0.15) is 18.1 Å². The Bertz CT molecular complexity index is 838. The minimum Gasteiger partial charge on any atom is -0.462 e. The van der Waals surface area contributed by atoms with E-state index in [0.717, 1.165) is 10.9 Å². The fourth-order valence-corrected chi connectivity index (χ4v) is 2.37. The summed E-state index contributed by atoms with van der Waals surface area (Å²) in [5.74, 6) is -0.701. The van der Waals surface area contributed by atoms with Crippen molar-refractivity contribution in [2.45, 2.75) is 19.3 Å². The largest absolute Gasteiger partial charge is 0.462 e. The molecule has 0 radical (unpaired) electrons. The first-order valence-electron chi connectivity index (χ1n) is 7.30. The quantitative estimate of drug-likeness (QED) is 0.354. The van der Waals surface area contributed by atoms with E-state index in [1.54, 1.807) is 6.92 Å². The third-order valence-electron chi connectivity index (χ3n) is 3.24. The zero-order chi connectivity index (χ0) is 20.4. The molecule has 1 aromatic heterocycles. The van der Waals surface area contributed by atoms with Gasteiger partial charge in [0.1, 0.15) is 4.48 Å². The number of aromatic nitrogens is 2. The van der Waals surface area contributed by atoms with Gasteiger partial charge < -0.3 is 4.74 Å². The molecular formula is C16H11BrF6N2O2. The molecule has 0 N–H and O–H groups in total. The van der Waals surface area contributed by atoms with Gasteiger partial charge in [-0.25, -0.2) is 9.48 Å². The van der Waals surface area contributed by atoms with Gasteiger partial charge in [0.15, 0.2) is 0 Å². The Morgan fingerprint density at radius 2 is 1.67 bits per heavy atom. The molecule has 0 unspecified atom stereocenters. The van der Waals surface area contributed by atoms with Crippen molar-refractivity contribution in [2.75, 3.05) is 6.61 Å². The van der Waals surface area contributed by atoms with Crippen LogP contribution in [0.2, 0.25) is 0 Å². The lowest BCUT2D eigenvalue weighted by Crippen LogP contribution is -2.11. The zero-order valence-electron chi connectivity index (χ0n) is 13.5. The molecule has 0 fully saturated rings. The van der Waals surface area contributed by atoms with Crippen molar-refractivity contribution in [3.05, 3.63) is 46.2 Å². The van der Waals surface area contributed by atoms with Crippen LogP contribution in [0, 0.1) is 0 Å². The third-order valence-corrected chi connectivity index (χ3v) is 3.77. The summed E-state index contributed by atoms with van der Waals surface area (Å²) in [6.07, 6.45) is -6.47. The van der Waals surface area contributed by atoms with Crippen LogP contribution in [0.25, 0.3) is 17.3 Å². The number of benzene rings is 1. The van der Waals surface area contributed by atoms with Gasteiger partial charge in [0.2, 0.25) is 0 Å². The van der Waals surface area contributed by atoms with E-state index in [1.165, 1.54) is 12.4 Å². The van der Waals surface area contributed by atoms with E-state index in [4.69, 9.17) is 4.74 Å². The molecule has 4 nitrogen and oxygen atoms in total. The Labute approximate surface area is 157 Å². The van der Waals surface area contributed by atoms with E-state index >= 15 is 0 Å². The first-order valence-corrected chi connectivity index (χ1v) is 8.09. The molecule has 11 heteroatoms. The molecule has 0 saturated carbocycles. The molecule has 0 amide bonds. The van der Waals surface area contributed by atoms with E-state index in [2.05, 4.69) is 21.0 Å². The molecule has 2 rings (SSSR count). The lowest BCUT2D eigenvalue weighted by molar-refractivity contribution is -0.143. The normalized spacial score (nSPS) is 13.0. The van der Waals surface area contributed by atoms with Gasteiger partial charge in [0.05, 0.1) is 23.9 Å². The lowest BCUT2D eigenvalue weighted by Gasteiger charge is -2.13. The monoisotopic (exact) mass is 456 g/mol. The van der Waals surface area contributed by atoms with Gasteiger partial charge in [-0.3, -0.25) is 0 Å². The second kappa shape index (κ2) is 7.75. The van der Waals surface area contributed by atoms with Crippen molar-refractivity contribution >= 4 is 28.1 Å². The molecule has 0 bridgehead atoms. The van der Waals surface area contributed by atoms with E-state index in [9.17, 15) is 31.1 Å². The summed E-state index contributed by atoms with van der Waals surface area (Å²) in [4.78, 5) is 11.5. The first kappa shape index (κ1) is 21.0. The molecule has 0 aliphatic heterocycles. The molecule has 0 spiro atoms. The van der Waals surface area contributed by atoms with Crippen molar-refractivity contribution in [3.63, 3.8) is 0 Å². The van der Waals surface area contributed by atoms with Crippen molar-refractivity contribution in [1.29, 1.82) is 0 Å². The number of alkyl halides is 6. The molecule has 0 atom stereocenters. The SMILES string of the molecule is CCOC(=O)/C(Br)=C/n1cc(-c2cc(C(F)(F)F)cc(C(F)(F)F)c2)cn1. The van der Waals surface area contributed by atoms with Crippen LogP contribution < -0.4 is 0 Å². The summed E-state index contributed by atoms with van der Waals surface area (Å²) >= 11 is 2.95. The summed E-state index contributed by atoms with van der Waals surface area (Å²) in [5, 5.41) is 3.80. The summed E-state index contributed by atoms with van der Waals surface area (Å²) in [5.41, 5.74) is -3.16. The van der Waals surface area contributed by atoms with Crippen LogP contribution in [0.5, 0.6) is 0 Å². The summed E-state index contributed by atoms with van der Waals surface area (Å²) in [6, 6.07) is 1.24. The lowest BCUT2D eigenvalue weighted by atomic mass is 10.0. The van der Waals surface area contributed by atoms with Crippen molar-refractivity contribution in [3.8, 4) is 11.1 Å². The predicted octanol–water partition coefficient (Wildman–Crippen LogP) is 5.34. The third kappa shape index (κ3) is 5.34. The fourth-order valence-electron chi connectivity index (χ4n) is 2.05. The average molecular weight is 457 g/mol. The summed E-state index contributed by atoms with van der Waals surface area (Å²) in [7, 11) is 0. The van der Waals surface area contributed by atoms with Crippen LogP contribution in [0.3, 0.4) is 0 Å². The highest BCUT2D eigenvalue weighted by molar-refractivity contribution is 9.12. The van der Waals surface area contributed by atoms with Gasteiger partial charge in [0, 0.05) is 18.0 Å². The molecular weight excluding hydrogens is 446 g/mol. The zero-order valence-corrected chi connectivity index (χ0v) is 15.1. The first-order chi connectivity index (χ1) is 12.4. The minimum absolute atomic E-state index is 0.00649. The average Bonchev–Trinajstić information content (AvgIpc) is 3.01. The van der Waals surface area contributed by atoms with Crippen LogP contribution >= 0.6 is 15.9 Å². The number of nitrogens with zero attached hydrogens (tertiary/aromatic N) is 2. The fraction of sp³-hybridized carbons (Fsp3) is 0.250. The van der Waals surface area contributed by atoms with Gasteiger partial charge in [-0.05, 0) is 46.6 Å². The maximum atomic E-state index is 12.9. The summed E-state index contributed by atoms with van der Waals surface area (Å²) < 4.78 is 83.4. The van der Waals surface area contributed by atoms with Crippen LogP contribution in [-0.2, 0) is 21.9 Å². The molecule has 1 aromatic carbocycles. The number of carbonyl (C=O) groups excluding carboxylic acids is 1. The molecule has 146 valence electrons. The predicted molar refractivity (Wildman–Crippen MR) is 87.5 cm³/mol. The van der Waals surface area contributed by atoms with Crippen LogP contribution in [0.15, 0.2) is 35.1 Å². The number of hydrogen-bond acceptors (Lipinski definition) is 3. The molecule has 27 heavy (non-hydrogen) atoms. The molecule has 0 aliphatic carbocycles. The highest BCUT2D eigenvalue weighted by Crippen LogP contribution is 2.38. The smallest absolute Gasteiger partial charge is 0.416 e. The minimum atomic E-state index is -4.95. The molecule has 1 heterocycles. The summed E-state index contributed by atoms with van der Waals surface area (Å²) in [6.45, 7) is 1.71. The van der Waals surface area contributed by atoms with E-state index in [0.29, 0.717) is 12.1 Å². The maximum Gasteiger partial charge on any atom is 0.416 e. The standard InChI is InChI=1S/C16H11BrF6N2O2/c1-2-27-14(26)13(17)8-25-7-10(6-24-25)9-3-11(15(18,19)20)5-12(4-9)16(21,22)23/h3-8H,2H2,1H3/b13-8-. The second-order valence-corrected chi connectivity index (χ2v) is 6.06. The second-order valence-electron chi connectivity index (χ2n) is 5.20. The number of carbonyl (C=O) groups is 1. The van der Waals surface area contributed by atoms with E-state index < -0.39 is 29.4 Å². The maximum absolute atomic E-state index is 12.9. The van der Waals surface area contributed by atoms with E-state index in [-0.39, 0.29) is 28.3 Å². The number of rotatable bonds is 4. The number of halogens is 7. The van der Waals surface area contributed by atoms with Crippen molar-refractivity contribution in [2.24, 2.45) is 0 Å². The van der Waals surface area contributed by atoms with E-state index in [1.807, 2.05) is 0 Å². The van der Waals surface area contributed by atoms with Gasteiger partial charge in [-0.15, -0.1) is 0 Å². The number of hydrogen-bond donors (Lipinski definition) is 0. The van der Waals surface area contributed by atoms with Crippen LogP contribution in [-0.4, -0.2) is 22.4 Å². The Morgan fingerprint density at radius 3 is 2.15 bits per heavy atom. The Balaban J connectivity index is 2.46. The van der Waals surface area contributed by atoms with Gasteiger partial charge >= 0.3 is 18.3 Å². The Kier molecular flexibility index (Phi) is 6.03. The highest BCUT2D eigenvalue weighted by atomic mass is 79.9. The van der Waals surface area contributed by atoms with Crippen LogP contribution in [0.4, 0.5) is 26.3 Å². The van der Waals surface area contributed by atoms with Crippen molar-refractivity contribution in [1.82, 2.24) is 9.78 Å². The van der Waals surface area contributed by atoms with Gasteiger partial charge in [-0.2, -0.15) is 31.4 Å². The Morgan fingerprint density at radius 1 is 1.11 bits per heavy atom.